The molecule has 0 fully saturated rings. The number of rotatable bonds is 0. The first-order valence-corrected chi connectivity index (χ1v) is 2.40. The number of hydrogen-bond donors (Lipinski definition) is 0. The van der Waals surface area contributed by atoms with Crippen molar-refractivity contribution in [2.75, 3.05) is 0 Å². The fourth-order valence-corrected chi connectivity index (χ4v) is 0.502. The van der Waals surface area contributed by atoms with Gasteiger partial charge in [-0.3, -0.25) is 0 Å². The summed E-state index contributed by atoms with van der Waals surface area (Å²) in [7, 11) is 0. The van der Waals surface area contributed by atoms with Crippen LogP contribution >= 0.6 is 0 Å². The summed E-state index contributed by atoms with van der Waals surface area (Å²) in [6.07, 6.45) is 0. The third kappa shape index (κ3) is 1.25. The van der Waals surface area contributed by atoms with Gasteiger partial charge in [-0.25, -0.2) is 8.78 Å². The molecule has 46 valence electrons. The maximum atomic E-state index is 12.2. The fraction of sp³-hybridized carbons (Fsp3) is 0. The van der Waals surface area contributed by atoms with Crippen LogP contribution in [-0.4, -0.2) is 0 Å². The van der Waals surface area contributed by atoms with E-state index in [0.717, 1.165) is 12.1 Å². The molecule has 1 rings (SSSR count). The molecule has 0 bridgehead atoms. The first-order chi connectivity index (χ1) is 4.20. The van der Waals surface area contributed by atoms with Gasteiger partial charge in [0, 0.05) is 13.0 Å². The van der Waals surface area contributed by atoms with Gasteiger partial charge in [0.15, 0.2) is 0 Å². The van der Waals surface area contributed by atoms with Gasteiger partial charge in [-0.1, -0.05) is 6.07 Å². The number of hydrogen-bond acceptors (Lipinski definition) is 0. The van der Waals surface area contributed by atoms with Gasteiger partial charge >= 0.3 is 0 Å². The molecule has 0 aromatic heterocycles. The second-order valence-corrected chi connectivity index (χ2v) is 1.67. The van der Waals surface area contributed by atoms with Crippen molar-refractivity contribution in [2.24, 2.45) is 0 Å². The summed E-state index contributed by atoms with van der Waals surface area (Å²) in [6.45, 7) is 5.05. The van der Waals surface area contributed by atoms with Gasteiger partial charge in [0.2, 0.25) is 0 Å². The van der Waals surface area contributed by atoms with Gasteiger partial charge in [0.25, 0.3) is 0 Å². The highest BCUT2D eigenvalue weighted by molar-refractivity contribution is 5.20. The van der Waals surface area contributed by atoms with Crippen molar-refractivity contribution in [2.45, 2.75) is 0 Å². The summed E-state index contributed by atoms with van der Waals surface area (Å²) < 4.78 is 24.3. The van der Waals surface area contributed by atoms with E-state index in [2.05, 4.69) is 0 Å². The third-order valence-electron chi connectivity index (χ3n) is 0.962. The minimum Gasteiger partial charge on any atom is -0.207 e. The molecule has 2 radical (unpaired) electrons. The van der Waals surface area contributed by atoms with E-state index in [0.29, 0.717) is 0 Å². The summed E-state index contributed by atoms with van der Waals surface area (Å²) >= 11 is 0. The molecule has 0 nitrogen and oxygen atoms in total. The van der Waals surface area contributed by atoms with Gasteiger partial charge in [-0.15, -0.1) is 0 Å². The van der Waals surface area contributed by atoms with Crippen molar-refractivity contribution in [3.63, 3.8) is 0 Å². The monoisotopic (exact) mass is 126 g/mol. The van der Waals surface area contributed by atoms with Crippen LogP contribution in [0.5, 0.6) is 0 Å². The Hall–Kier alpha value is -0.920. The maximum Gasteiger partial charge on any atom is 0.129 e. The fourth-order valence-electron chi connectivity index (χ4n) is 0.502. The highest BCUT2D eigenvalue weighted by atomic mass is 19.1. The Labute approximate surface area is 52.1 Å². The van der Waals surface area contributed by atoms with E-state index in [1.807, 2.05) is 0 Å². The molecule has 1 aromatic rings. The lowest BCUT2D eigenvalue weighted by Gasteiger charge is -1.91. The molecule has 0 saturated carbocycles. The molecule has 0 amide bonds. The number of halogens is 2. The van der Waals surface area contributed by atoms with E-state index < -0.39 is 11.6 Å². The molecule has 0 unspecified atom stereocenters. The third-order valence-corrected chi connectivity index (χ3v) is 0.962. The van der Waals surface area contributed by atoms with Crippen LogP contribution in [0.2, 0.25) is 0 Å². The molecule has 0 spiro atoms. The average Bonchev–Trinajstić information content (AvgIpc) is 1.80. The average molecular weight is 126 g/mol. The molecule has 9 heavy (non-hydrogen) atoms. The van der Waals surface area contributed by atoms with E-state index in [1.165, 1.54) is 6.07 Å². The minimum atomic E-state index is -0.713. The minimum absolute atomic E-state index is 0.0311. The van der Waals surface area contributed by atoms with Gasteiger partial charge in [0.1, 0.15) is 11.6 Å². The first-order valence-electron chi connectivity index (χ1n) is 2.40. The molecule has 0 saturated heterocycles. The molecule has 0 aliphatic heterocycles. The molecular formula is C7H4F2. The SMILES string of the molecule is [CH]c1ccc(F)cc1F. The zero-order valence-electron chi connectivity index (χ0n) is 4.57. The molecule has 0 aliphatic carbocycles. The van der Waals surface area contributed by atoms with Crippen molar-refractivity contribution < 1.29 is 8.78 Å². The van der Waals surface area contributed by atoms with Crippen LogP contribution in [0.1, 0.15) is 5.56 Å². The maximum absolute atomic E-state index is 12.2. The Balaban J connectivity index is 3.17. The van der Waals surface area contributed by atoms with Crippen molar-refractivity contribution in [3.05, 3.63) is 42.3 Å². The van der Waals surface area contributed by atoms with Crippen LogP contribution < -0.4 is 0 Å². The van der Waals surface area contributed by atoms with Crippen LogP contribution in [0, 0.1) is 18.6 Å². The topological polar surface area (TPSA) is 0 Å². The largest absolute Gasteiger partial charge is 0.207 e. The second-order valence-electron chi connectivity index (χ2n) is 1.67. The number of benzene rings is 1. The molecule has 0 N–H and O–H groups in total. The Morgan fingerprint density at radius 3 is 2.33 bits per heavy atom. The van der Waals surface area contributed by atoms with Crippen molar-refractivity contribution in [1.82, 2.24) is 0 Å². The van der Waals surface area contributed by atoms with Gasteiger partial charge in [0.05, 0.1) is 0 Å². The zero-order chi connectivity index (χ0) is 6.85. The first kappa shape index (κ1) is 6.20. The lowest BCUT2D eigenvalue weighted by atomic mass is 10.2. The van der Waals surface area contributed by atoms with Gasteiger partial charge in [-0.2, -0.15) is 0 Å². The van der Waals surface area contributed by atoms with Crippen LogP contribution in [0.3, 0.4) is 0 Å². The Morgan fingerprint density at radius 2 is 1.89 bits per heavy atom. The summed E-state index contributed by atoms with van der Waals surface area (Å²) in [5, 5.41) is 0. The van der Waals surface area contributed by atoms with E-state index in [9.17, 15) is 8.78 Å². The van der Waals surface area contributed by atoms with Gasteiger partial charge in [-0.05, 0) is 11.6 Å². The smallest absolute Gasteiger partial charge is 0.129 e. The molecule has 0 atom stereocenters. The van der Waals surface area contributed by atoms with E-state index >= 15 is 0 Å². The summed E-state index contributed by atoms with van der Waals surface area (Å²) in [5.41, 5.74) is -0.0311. The molecule has 0 heterocycles. The van der Waals surface area contributed by atoms with E-state index in [1.54, 1.807) is 0 Å². The van der Waals surface area contributed by atoms with Crippen molar-refractivity contribution in [3.8, 4) is 0 Å². The van der Waals surface area contributed by atoms with Crippen LogP contribution in [0.25, 0.3) is 0 Å². The normalized spacial score (nSPS) is 9.67. The molecule has 2 heteroatoms. The Bertz CT molecular complexity index is 218. The molecule has 0 aliphatic rings. The molecular weight excluding hydrogens is 122 g/mol. The van der Waals surface area contributed by atoms with Crippen LogP contribution in [0.4, 0.5) is 8.78 Å². The predicted octanol–water partition coefficient (Wildman–Crippen LogP) is 2.02. The lowest BCUT2D eigenvalue weighted by Crippen LogP contribution is -1.81. The van der Waals surface area contributed by atoms with Crippen molar-refractivity contribution >= 4 is 0 Å². The summed E-state index contributed by atoms with van der Waals surface area (Å²) in [4.78, 5) is 0. The second kappa shape index (κ2) is 2.13. The summed E-state index contributed by atoms with van der Waals surface area (Å²) in [5.74, 6) is -1.32. The predicted molar refractivity (Wildman–Crippen MR) is 29.8 cm³/mol. The highest BCUT2D eigenvalue weighted by Crippen LogP contribution is 2.06. The highest BCUT2D eigenvalue weighted by Gasteiger charge is 1.96. The van der Waals surface area contributed by atoms with Crippen LogP contribution in [0.15, 0.2) is 18.2 Å². The standard InChI is InChI=1S/C7H4F2/c1-5-2-3-6(8)4-7(5)9/h1-4H. The Morgan fingerprint density at radius 1 is 1.22 bits per heavy atom. The van der Waals surface area contributed by atoms with Crippen LogP contribution in [-0.2, 0) is 0 Å². The zero-order valence-corrected chi connectivity index (χ0v) is 4.57. The lowest BCUT2D eigenvalue weighted by molar-refractivity contribution is 0.580. The van der Waals surface area contributed by atoms with E-state index in [-0.39, 0.29) is 5.56 Å². The van der Waals surface area contributed by atoms with Gasteiger partial charge < -0.3 is 0 Å². The quantitative estimate of drug-likeness (QED) is 0.499. The van der Waals surface area contributed by atoms with Crippen molar-refractivity contribution in [1.29, 1.82) is 0 Å². The molecule has 1 aromatic carbocycles. The summed E-state index contributed by atoms with van der Waals surface area (Å²) in [6, 6.07) is 3.04. The Kier molecular flexibility index (Phi) is 1.47. The van der Waals surface area contributed by atoms with E-state index in [4.69, 9.17) is 6.92 Å².